The Morgan fingerprint density at radius 3 is 2.19 bits per heavy atom. The van der Waals surface area contributed by atoms with Crippen LogP contribution in [0.1, 0.15) is 69.7 Å². The summed E-state index contributed by atoms with van der Waals surface area (Å²) in [5.74, 6) is -1.36. The van der Waals surface area contributed by atoms with Crippen LogP contribution in [0.3, 0.4) is 0 Å². The molecule has 2 aromatic carbocycles. The number of anilines is 1. The summed E-state index contributed by atoms with van der Waals surface area (Å²) < 4.78 is 21.6. The lowest BCUT2D eigenvalue weighted by molar-refractivity contribution is -0.143. The number of hydrogen-bond acceptors (Lipinski definition) is 7. The number of unbranched alkanes of at least 4 members (excludes halogenated alkanes) is 3. The van der Waals surface area contributed by atoms with Crippen molar-refractivity contribution >= 4 is 23.5 Å². The predicted octanol–water partition coefficient (Wildman–Crippen LogP) is 6.07. The van der Waals surface area contributed by atoms with Gasteiger partial charge < -0.3 is 24.3 Å². The van der Waals surface area contributed by atoms with E-state index < -0.39 is 11.9 Å². The maximum absolute atomic E-state index is 12.9. The van der Waals surface area contributed by atoms with Crippen molar-refractivity contribution < 1.29 is 33.3 Å². The summed E-state index contributed by atoms with van der Waals surface area (Å²) in [6.45, 7) is 6.89. The quantitative estimate of drug-likeness (QED) is 0.126. The molecule has 0 heterocycles. The first-order valence-corrected chi connectivity index (χ1v) is 12.8. The van der Waals surface area contributed by atoms with Crippen LogP contribution in [0.15, 0.2) is 60.4 Å². The molecule has 8 nitrogen and oxygen atoms in total. The van der Waals surface area contributed by atoms with E-state index in [4.69, 9.17) is 18.9 Å². The fourth-order valence-corrected chi connectivity index (χ4v) is 3.14. The molecule has 37 heavy (non-hydrogen) atoms. The minimum Gasteiger partial charge on any atom is -0.494 e. The van der Waals surface area contributed by atoms with Crippen LogP contribution in [0, 0.1) is 0 Å². The summed E-state index contributed by atoms with van der Waals surface area (Å²) in [7, 11) is 0. The number of hydrogen-bond donors (Lipinski definition) is 1. The summed E-state index contributed by atoms with van der Waals surface area (Å²) >= 11 is 0. The van der Waals surface area contributed by atoms with Gasteiger partial charge in [0.05, 0.1) is 31.6 Å². The van der Waals surface area contributed by atoms with Crippen molar-refractivity contribution in [3.63, 3.8) is 0 Å². The van der Waals surface area contributed by atoms with Crippen LogP contribution in [0.2, 0.25) is 0 Å². The van der Waals surface area contributed by atoms with Crippen molar-refractivity contribution in [2.24, 2.45) is 0 Å². The minimum atomic E-state index is -0.804. The molecule has 1 N–H and O–H groups in total. The molecule has 0 unspecified atom stereocenters. The molecule has 0 aliphatic heterocycles. The van der Waals surface area contributed by atoms with Crippen molar-refractivity contribution in [1.82, 2.24) is 0 Å². The summed E-state index contributed by atoms with van der Waals surface area (Å²) in [5, 5.41) is 2.79. The fourth-order valence-electron chi connectivity index (χ4n) is 3.14. The molecule has 0 fully saturated rings. The number of para-hydroxylation sites is 2. The van der Waals surface area contributed by atoms with E-state index in [-0.39, 0.29) is 30.6 Å². The van der Waals surface area contributed by atoms with E-state index >= 15 is 0 Å². The van der Waals surface area contributed by atoms with Gasteiger partial charge in [-0.15, -0.1) is 0 Å². The van der Waals surface area contributed by atoms with Crippen molar-refractivity contribution in [2.75, 3.05) is 25.1 Å². The molecule has 0 atom stereocenters. The predicted molar refractivity (Wildman–Crippen MR) is 142 cm³/mol. The molecule has 8 heteroatoms. The van der Waals surface area contributed by atoms with E-state index in [0.717, 1.165) is 18.9 Å². The van der Waals surface area contributed by atoms with Gasteiger partial charge in [0.1, 0.15) is 5.75 Å². The second-order valence-corrected chi connectivity index (χ2v) is 8.30. The Hall–Kier alpha value is -3.81. The Bertz CT molecular complexity index is 1030. The van der Waals surface area contributed by atoms with E-state index in [1.54, 1.807) is 48.5 Å². The maximum atomic E-state index is 12.9. The Labute approximate surface area is 218 Å². The van der Waals surface area contributed by atoms with E-state index in [0.29, 0.717) is 36.4 Å². The van der Waals surface area contributed by atoms with Crippen LogP contribution in [0.5, 0.6) is 11.5 Å². The van der Waals surface area contributed by atoms with Gasteiger partial charge in [-0.3, -0.25) is 4.79 Å². The minimum absolute atomic E-state index is 0.167. The highest BCUT2D eigenvalue weighted by Crippen LogP contribution is 2.27. The molecule has 0 aromatic heterocycles. The van der Waals surface area contributed by atoms with Crippen molar-refractivity contribution in [3.8, 4) is 11.5 Å². The van der Waals surface area contributed by atoms with Crippen LogP contribution < -0.4 is 14.8 Å². The second kappa shape index (κ2) is 16.8. The number of carbonyl (C=O) groups is 3. The number of carbonyl (C=O) groups excluding carboxylic acids is 3. The van der Waals surface area contributed by atoms with Crippen molar-refractivity contribution in [1.29, 1.82) is 0 Å². The molecule has 0 aliphatic carbocycles. The summed E-state index contributed by atoms with van der Waals surface area (Å²) in [6, 6.07) is 13.5. The Morgan fingerprint density at radius 1 is 0.784 bits per heavy atom. The SMILES string of the molecule is CCCCCCOc1ccc(C(=O)Nc2ccccc2O/C(=C\C(=O)OCCC)C(=O)OCCC)cc1. The van der Waals surface area contributed by atoms with Gasteiger partial charge in [-0.2, -0.15) is 0 Å². The number of rotatable bonds is 16. The first-order valence-electron chi connectivity index (χ1n) is 12.8. The van der Waals surface area contributed by atoms with E-state index in [1.807, 2.05) is 13.8 Å². The summed E-state index contributed by atoms with van der Waals surface area (Å²) in [6.07, 6.45) is 6.67. The molecule has 0 aliphatic rings. The summed E-state index contributed by atoms with van der Waals surface area (Å²) in [4.78, 5) is 37.5. The highest BCUT2D eigenvalue weighted by Gasteiger charge is 2.19. The third-order valence-corrected chi connectivity index (χ3v) is 5.07. The van der Waals surface area contributed by atoms with Gasteiger partial charge in [-0.05, 0) is 55.7 Å². The largest absolute Gasteiger partial charge is 0.494 e. The van der Waals surface area contributed by atoms with Gasteiger partial charge in [0.2, 0.25) is 5.76 Å². The number of amides is 1. The molecule has 0 spiro atoms. The van der Waals surface area contributed by atoms with Gasteiger partial charge in [0.15, 0.2) is 5.75 Å². The van der Waals surface area contributed by atoms with Crippen LogP contribution in [-0.4, -0.2) is 37.7 Å². The average molecular weight is 512 g/mol. The van der Waals surface area contributed by atoms with Crippen molar-refractivity contribution in [2.45, 2.75) is 59.3 Å². The zero-order valence-corrected chi connectivity index (χ0v) is 21.9. The van der Waals surface area contributed by atoms with Crippen LogP contribution in [-0.2, 0) is 19.1 Å². The third kappa shape index (κ3) is 10.8. The Balaban J connectivity index is 2.10. The number of benzene rings is 2. The highest BCUT2D eigenvalue weighted by molar-refractivity contribution is 6.05. The highest BCUT2D eigenvalue weighted by atomic mass is 16.6. The van der Waals surface area contributed by atoms with Gasteiger partial charge in [0, 0.05) is 5.56 Å². The van der Waals surface area contributed by atoms with E-state index in [2.05, 4.69) is 12.2 Å². The average Bonchev–Trinajstić information content (AvgIpc) is 2.91. The molecule has 200 valence electrons. The molecule has 0 radical (unpaired) electrons. The normalized spacial score (nSPS) is 10.9. The number of nitrogens with one attached hydrogen (secondary N) is 1. The molecular weight excluding hydrogens is 474 g/mol. The molecule has 2 rings (SSSR count). The standard InChI is InChI=1S/C29H37NO7/c1-4-7-8-11-20-34-23-16-14-22(15-17-23)28(32)30-24-12-9-10-13-25(24)37-26(29(33)36-19-6-3)21-27(31)35-18-5-2/h9-10,12-17,21H,4-8,11,18-20H2,1-3H3,(H,30,32)/b26-21-. The zero-order valence-electron chi connectivity index (χ0n) is 21.9. The monoisotopic (exact) mass is 511 g/mol. The van der Waals surface area contributed by atoms with E-state index in [1.165, 1.54) is 12.8 Å². The van der Waals surface area contributed by atoms with Crippen molar-refractivity contribution in [3.05, 3.63) is 65.9 Å². The number of esters is 2. The molecule has 1 amide bonds. The first-order chi connectivity index (χ1) is 18.0. The second-order valence-electron chi connectivity index (χ2n) is 8.30. The Kier molecular flexibility index (Phi) is 13.3. The van der Waals surface area contributed by atoms with Gasteiger partial charge in [0.25, 0.3) is 5.91 Å². The van der Waals surface area contributed by atoms with Crippen LogP contribution in [0.4, 0.5) is 5.69 Å². The molecule has 0 saturated carbocycles. The lowest BCUT2D eigenvalue weighted by Crippen LogP contribution is -2.17. The van der Waals surface area contributed by atoms with Gasteiger partial charge in [-0.1, -0.05) is 52.2 Å². The topological polar surface area (TPSA) is 100 Å². The Morgan fingerprint density at radius 2 is 1.49 bits per heavy atom. The third-order valence-electron chi connectivity index (χ3n) is 5.07. The lowest BCUT2D eigenvalue weighted by Gasteiger charge is -2.14. The van der Waals surface area contributed by atoms with Crippen LogP contribution >= 0.6 is 0 Å². The first kappa shape index (κ1) is 29.4. The lowest BCUT2D eigenvalue weighted by atomic mass is 10.2. The van der Waals surface area contributed by atoms with Gasteiger partial charge >= 0.3 is 11.9 Å². The molecule has 0 bridgehead atoms. The molecular formula is C29H37NO7. The fraction of sp³-hybridized carbons (Fsp3) is 0.414. The van der Waals surface area contributed by atoms with Gasteiger partial charge in [-0.25, -0.2) is 9.59 Å². The van der Waals surface area contributed by atoms with E-state index in [9.17, 15) is 14.4 Å². The maximum Gasteiger partial charge on any atom is 0.374 e. The zero-order chi connectivity index (χ0) is 26.9. The summed E-state index contributed by atoms with van der Waals surface area (Å²) in [5.41, 5.74) is 0.745. The molecule has 2 aromatic rings. The smallest absolute Gasteiger partial charge is 0.374 e. The number of ether oxygens (including phenoxy) is 4. The van der Waals surface area contributed by atoms with Crippen LogP contribution in [0.25, 0.3) is 0 Å². The molecule has 0 saturated heterocycles.